The van der Waals surface area contributed by atoms with E-state index in [1.165, 1.54) is 13.0 Å². The Kier molecular flexibility index (Phi) is 4.72. The maximum Gasteiger partial charge on any atom is 0.343 e. The molecule has 168 valence electrons. The van der Waals surface area contributed by atoms with Gasteiger partial charge in [0.1, 0.15) is 5.76 Å². The molecule has 33 heavy (non-hydrogen) atoms. The molecule has 8 nitrogen and oxygen atoms in total. The van der Waals surface area contributed by atoms with Crippen LogP contribution in [-0.2, 0) is 31.2 Å². The van der Waals surface area contributed by atoms with Crippen LogP contribution in [0.3, 0.4) is 0 Å². The van der Waals surface area contributed by atoms with Crippen LogP contribution in [0.2, 0.25) is 0 Å². The SMILES string of the molecule is C/C=C(\OC(C)=O)C1OC(=O)[C@](O)(CC)c2cc3n(c(=O)c21)Cc1cc2ccccc2nc1-3. The van der Waals surface area contributed by atoms with Crippen LogP contribution in [0.15, 0.2) is 53.0 Å². The van der Waals surface area contributed by atoms with Crippen LogP contribution in [0.1, 0.15) is 50.0 Å². The zero-order valence-corrected chi connectivity index (χ0v) is 18.4. The molecule has 2 aliphatic heterocycles. The monoisotopic (exact) mass is 446 g/mol. The number of nitrogens with zero attached hydrogens (tertiary/aromatic N) is 2. The third kappa shape index (κ3) is 3.01. The molecule has 1 N–H and O–H groups in total. The molecule has 0 saturated carbocycles. The molecule has 0 bridgehead atoms. The molecule has 2 aliphatic rings. The number of aromatic nitrogens is 2. The van der Waals surface area contributed by atoms with Crippen molar-refractivity contribution in [3.05, 3.63) is 75.3 Å². The van der Waals surface area contributed by atoms with E-state index in [1.807, 2.05) is 30.3 Å². The summed E-state index contributed by atoms with van der Waals surface area (Å²) in [4.78, 5) is 43.0. The molecule has 0 aliphatic carbocycles. The highest BCUT2D eigenvalue weighted by Crippen LogP contribution is 2.44. The van der Waals surface area contributed by atoms with E-state index in [9.17, 15) is 19.5 Å². The van der Waals surface area contributed by atoms with E-state index in [2.05, 4.69) is 0 Å². The summed E-state index contributed by atoms with van der Waals surface area (Å²) in [6.45, 7) is 4.76. The van der Waals surface area contributed by atoms with Gasteiger partial charge in [0.05, 0.1) is 29.0 Å². The third-order valence-electron chi connectivity index (χ3n) is 6.30. The highest BCUT2D eigenvalue weighted by molar-refractivity contribution is 5.87. The second-order valence-corrected chi connectivity index (χ2v) is 8.22. The van der Waals surface area contributed by atoms with Crippen molar-refractivity contribution in [3.63, 3.8) is 0 Å². The van der Waals surface area contributed by atoms with Crippen molar-refractivity contribution in [2.45, 2.75) is 45.4 Å². The Morgan fingerprint density at radius 1 is 1.33 bits per heavy atom. The summed E-state index contributed by atoms with van der Waals surface area (Å²) in [7, 11) is 0. The van der Waals surface area contributed by atoms with Gasteiger partial charge in [-0.1, -0.05) is 25.1 Å². The summed E-state index contributed by atoms with van der Waals surface area (Å²) in [5, 5.41) is 12.2. The Balaban J connectivity index is 1.78. The Hall–Kier alpha value is -3.78. The van der Waals surface area contributed by atoms with E-state index in [-0.39, 0.29) is 23.3 Å². The highest BCUT2D eigenvalue weighted by atomic mass is 16.6. The van der Waals surface area contributed by atoms with Gasteiger partial charge in [0.15, 0.2) is 11.7 Å². The lowest BCUT2D eigenvalue weighted by Gasteiger charge is -2.36. The first-order valence-corrected chi connectivity index (χ1v) is 10.7. The van der Waals surface area contributed by atoms with Crippen molar-refractivity contribution in [1.29, 1.82) is 0 Å². The number of para-hydroxylation sites is 1. The van der Waals surface area contributed by atoms with Gasteiger partial charge < -0.3 is 19.1 Å². The van der Waals surface area contributed by atoms with Crippen LogP contribution >= 0.6 is 0 Å². The average molecular weight is 446 g/mol. The minimum Gasteiger partial charge on any atom is -0.447 e. The molecule has 4 heterocycles. The Morgan fingerprint density at radius 2 is 2.09 bits per heavy atom. The second kappa shape index (κ2) is 7.38. The molecular formula is C25H22N2O6. The van der Waals surface area contributed by atoms with E-state index >= 15 is 0 Å². The summed E-state index contributed by atoms with van der Waals surface area (Å²) >= 11 is 0. The molecule has 0 radical (unpaired) electrons. The van der Waals surface area contributed by atoms with Crippen molar-refractivity contribution in [1.82, 2.24) is 9.55 Å². The fourth-order valence-corrected chi connectivity index (χ4v) is 4.62. The lowest BCUT2D eigenvalue weighted by molar-refractivity contribution is -0.178. The lowest BCUT2D eigenvalue weighted by Crippen LogP contribution is -2.46. The maximum absolute atomic E-state index is 13.8. The summed E-state index contributed by atoms with van der Waals surface area (Å²) in [5.74, 6) is -1.49. The van der Waals surface area contributed by atoms with Crippen LogP contribution in [0.5, 0.6) is 0 Å². The van der Waals surface area contributed by atoms with Crippen molar-refractivity contribution >= 4 is 22.8 Å². The molecule has 8 heteroatoms. The molecular weight excluding hydrogens is 424 g/mol. The molecule has 5 rings (SSSR count). The normalized spacial score (nSPS) is 21.3. The van der Waals surface area contributed by atoms with Gasteiger partial charge in [0, 0.05) is 23.4 Å². The van der Waals surface area contributed by atoms with E-state index in [1.54, 1.807) is 24.5 Å². The van der Waals surface area contributed by atoms with Crippen LogP contribution in [-0.4, -0.2) is 26.6 Å². The number of allylic oxidation sites excluding steroid dienone is 1. The Labute approximate surface area is 189 Å². The van der Waals surface area contributed by atoms with Crippen molar-refractivity contribution in [2.24, 2.45) is 0 Å². The van der Waals surface area contributed by atoms with E-state index in [0.29, 0.717) is 17.9 Å². The highest BCUT2D eigenvalue weighted by Gasteiger charge is 2.50. The third-order valence-corrected chi connectivity index (χ3v) is 6.30. The Morgan fingerprint density at radius 3 is 2.79 bits per heavy atom. The number of fused-ring (bicyclic) bond motifs is 5. The number of carbonyl (C=O) groups is 2. The molecule has 2 aromatic heterocycles. The van der Waals surface area contributed by atoms with E-state index in [4.69, 9.17) is 14.5 Å². The summed E-state index contributed by atoms with van der Waals surface area (Å²) < 4.78 is 12.3. The van der Waals surface area contributed by atoms with Gasteiger partial charge in [-0.25, -0.2) is 9.78 Å². The largest absolute Gasteiger partial charge is 0.447 e. The van der Waals surface area contributed by atoms with Gasteiger partial charge in [0.2, 0.25) is 0 Å². The number of esters is 2. The molecule has 0 spiro atoms. The van der Waals surface area contributed by atoms with Gasteiger partial charge in [-0.15, -0.1) is 0 Å². The number of aliphatic hydroxyl groups is 1. The predicted octanol–water partition coefficient (Wildman–Crippen LogP) is 3.09. The second-order valence-electron chi connectivity index (χ2n) is 8.22. The van der Waals surface area contributed by atoms with Crippen LogP contribution in [0, 0.1) is 0 Å². The fourth-order valence-electron chi connectivity index (χ4n) is 4.62. The average Bonchev–Trinajstić information content (AvgIpc) is 3.16. The number of carbonyl (C=O) groups excluding carboxylic acids is 2. The van der Waals surface area contributed by atoms with Crippen molar-refractivity contribution in [2.75, 3.05) is 0 Å². The van der Waals surface area contributed by atoms with Crippen molar-refractivity contribution in [3.8, 4) is 11.4 Å². The van der Waals surface area contributed by atoms with Gasteiger partial charge in [-0.2, -0.15) is 0 Å². The number of benzene rings is 1. The minimum absolute atomic E-state index is 0.00515. The zero-order valence-electron chi connectivity index (χ0n) is 18.4. The summed E-state index contributed by atoms with van der Waals surface area (Å²) in [5.41, 5.74) is 0.594. The molecule has 3 aromatic rings. The molecule has 1 aromatic carbocycles. The van der Waals surface area contributed by atoms with Gasteiger partial charge in [0.25, 0.3) is 5.56 Å². The summed E-state index contributed by atoms with van der Waals surface area (Å²) in [6, 6.07) is 11.3. The van der Waals surface area contributed by atoms with E-state index < -0.39 is 29.2 Å². The van der Waals surface area contributed by atoms with Gasteiger partial charge in [-0.3, -0.25) is 9.59 Å². The van der Waals surface area contributed by atoms with Crippen LogP contribution < -0.4 is 5.56 Å². The molecule has 2 atom stereocenters. The number of pyridine rings is 2. The first-order chi connectivity index (χ1) is 15.8. The number of rotatable bonds is 3. The first kappa shape index (κ1) is 21.1. The number of hydrogen-bond acceptors (Lipinski definition) is 7. The standard InChI is InChI=1S/C25H22N2O6/c1-4-19(32-13(3)28)22-20-16(25(31,5-2)24(30)33-22)11-18-21-15(12-27(18)23(20)29)10-14-8-6-7-9-17(14)26-21/h4,6-11,22,31H,5,12H2,1-3H3/b19-4-/t22?,25-/m0/s1. The maximum atomic E-state index is 13.8. The zero-order chi connectivity index (χ0) is 23.5. The predicted molar refractivity (Wildman–Crippen MR) is 119 cm³/mol. The van der Waals surface area contributed by atoms with Crippen LogP contribution in [0.4, 0.5) is 0 Å². The molecule has 1 unspecified atom stereocenters. The number of hydrogen-bond donors (Lipinski definition) is 1. The molecule has 0 amide bonds. The van der Waals surface area contributed by atoms with Crippen molar-refractivity contribution < 1.29 is 24.2 Å². The molecule has 0 fully saturated rings. The first-order valence-electron chi connectivity index (χ1n) is 10.7. The van der Waals surface area contributed by atoms with Crippen LogP contribution in [0.25, 0.3) is 22.3 Å². The lowest BCUT2D eigenvalue weighted by atomic mass is 9.83. The number of ether oxygens (including phenoxy) is 2. The topological polar surface area (TPSA) is 108 Å². The minimum atomic E-state index is -2.00. The summed E-state index contributed by atoms with van der Waals surface area (Å²) in [6.07, 6.45) is 0.236. The smallest absolute Gasteiger partial charge is 0.343 e. The van der Waals surface area contributed by atoms with Gasteiger partial charge in [-0.05, 0) is 37.6 Å². The fraction of sp³-hybridized carbons (Fsp3) is 0.280. The quantitative estimate of drug-likeness (QED) is 0.381. The Bertz CT molecular complexity index is 1440. The van der Waals surface area contributed by atoms with Gasteiger partial charge >= 0.3 is 11.9 Å². The number of cyclic esters (lactones) is 1. The molecule has 0 saturated heterocycles. The van der Waals surface area contributed by atoms with E-state index in [0.717, 1.165) is 16.5 Å².